The van der Waals surface area contributed by atoms with Gasteiger partial charge in [-0.15, -0.1) is 0 Å². The number of halogens is 1. The van der Waals surface area contributed by atoms with E-state index in [1.165, 1.54) is 0 Å². The molecule has 0 amide bonds. The molecular weight excluding hydrogens is 370 g/mol. The number of esters is 1. The molecule has 142 valence electrons. The van der Waals surface area contributed by atoms with Crippen molar-refractivity contribution in [3.8, 4) is 11.5 Å². The Morgan fingerprint density at radius 3 is 2.52 bits per heavy atom. The average Bonchev–Trinajstić information content (AvgIpc) is 2.67. The second kappa shape index (κ2) is 7.19. The number of hydrogen-bond acceptors (Lipinski definition) is 5. The highest BCUT2D eigenvalue weighted by atomic mass is 35.5. The Labute approximate surface area is 162 Å². The van der Waals surface area contributed by atoms with Crippen LogP contribution in [0.1, 0.15) is 43.7 Å². The monoisotopic (exact) mass is 389 g/mol. The zero-order valence-corrected chi connectivity index (χ0v) is 16.0. The first-order valence-corrected chi connectivity index (χ1v) is 8.94. The predicted octanol–water partition coefficient (Wildman–Crippen LogP) is 4.93. The quantitative estimate of drug-likeness (QED) is 0.422. The topological polar surface area (TPSA) is 78.7 Å². The van der Waals surface area contributed by atoms with Crippen molar-refractivity contribution >= 4 is 17.6 Å². The molecule has 0 unspecified atom stereocenters. The van der Waals surface area contributed by atoms with Crippen LogP contribution in [0.2, 0.25) is 5.02 Å². The molecule has 1 aliphatic rings. The number of rotatable bonds is 3. The van der Waals surface area contributed by atoms with Crippen molar-refractivity contribution in [2.75, 3.05) is 6.54 Å². The van der Waals surface area contributed by atoms with Gasteiger partial charge in [-0.2, -0.15) is 0 Å². The van der Waals surface area contributed by atoms with Crippen LogP contribution in [-0.2, 0) is 9.53 Å². The molecule has 0 fully saturated rings. The van der Waals surface area contributed by atoms with Crippen LogP contribution >= 0.6 is 11.6 Å². The highest BCUT2D eigenvalue weighted by Gasteiger charge is 2.42. The molecule has 0 spiro atoms. The van der Waals surface area contributed by atoms with Crippen molar-refractivity contribution in [2.45, 2.75) is 38.2 Å². The Balaban J connectivity index is 2.21. The zero-order chi connectivity index (χ0) is 19.8. The van der Waals surface area contributed by atoms with E-state index in [0.29, 0.717) is 27.6 Å². The first-order valence-electron chi connectivity index (χ1n) is 8.56. The molecule has 6 nitrogen and oxygen atoms in total. The standard InChI is InChI=1S/C20H20ClNO5/c1-20(2,3)27-19(23)18-14-10-12(21)8-9-17(14)26-16-7-5-4-6-13(16)15(18)11-22(24)25/h4-10,15,18H,11H2,1-3H3/t15-,18-/m0/s1. The third-order valence-corrected chi connectivity index (χ3v) is 4.49. The lowest BCUT2D eigenvalue weighted by molar-refractivity contribution is -0.483. The minimum atomic E-state index is -0.910. The van der Waals surface area contributed by atoms with E-state index in [9.17, 15) is 14.9 Å². The molecule has 1 heterocycles. The molecule has 0 aromatic heterocycles. The maximum absolute atomic E-state index is 13.1. The van der Waals surface area contributed by atoms with Crippen LogP contribution in [0.25, 0.3) is 0 Å². The number of benzene rings is 2. The van der Waals surface area contributed by atoms with Gasteiger partial charge in [-0.3, -0.25) is 14.9 Å². The smallest absolute Gasteiger partial charge is 0.314 e. The summed E-state index contributed by atoms with van der Waals surface area (Å²) in [4.78, 5) is 24.1. The van der Waals surface area contributed by atoms with Gasteiger partial charge in [0.25, 0.3) is 0 Å². The van der Waals surface area contributed by atoms with E-state index in [0.717, 1.165) is 0 Å². The van der Waals surface area contributed by atoms with E-state index >= 15 is 0 Å². The van der Waals surface area contributed by atoms with E-state index in [-0.39, 0.29) is 0 Å². The summed E-state index contributed by atoms with van der Waals surface area (Å²) in [6.45, 7) is 4.84. The third-order valence-electron chi connectivity index (χ3n) is 4.25. The first-order chi connectivity index (χ1) is 12.7. The van der Waals surface area contributed by atoms with E-state index in [1.54, 1.807) is 63.2 Å². The molecule has 1 aliphatic heterocycles. The van der Waals surface area contributed by atoms with Gasteiger partial charge in [0.15, 0.2) is 0 Å². The minimum absolute atomic E-state index is 0.414. The molecule has 0 saturated heterocycles. The van der Waals surface area contributed by atoms with Crippen molar-refractivity contribution in [3.63, 3.8) is 0 Å². The number of hydrogen-bond donors (Lipinski definition) is 0. The van der Waals surface area contributed by atoms with Gasteiger partial charge in [-0.25, -0.2) is 0 Å². The fraction of sp³-hybridized carbons (Fsp3) is 0.350. The van der Waals surface area contributed by atoms with Crippen LogP contribution in [0, 0.1) is 10.1 Å². The van der Waals surface area contributed by atoms with E-state index in [4.69, 9.17) is 21.1 Å². The molecule has 3 rings (SSSR count). The van der Waals surface area contributed by atoms with Crippen molar-refractivity contribution in [2.24, 2.45) is 0 Å². The maximum atomic E-state index is 13.1. The molecule has 0 aliphatic carbocycles. The van der Waals surface area contributed by atoms with Gasteiger partial charge in [-0.1, -0.05) is 29.8 Å². The fourth-order valence-corrected chi connectivity index (χ4v) is 3.45. The van der Waals surface area contributed by atoms with Gasteiger partial charge < -0.3 is 9.47 Å². The van der Waals surface area contributed by atoms with E-state index in [1.807, 2.05) is 0 Å². The van der Waals surface area contributed by atoms with Gasteiger partial charge in [0.05, 0.1) is 11.8 Å². The number of carbonyl (C=O) groups excluding carboxylic acids is 1. The lowest BCUT2D eigenvalue weighted by atomic mass is 9.81. The van der Waals surface area contributed by atoms with Gasteiger partial charge in [-0.05, 0) is 45.0 Å². The molecule has 2 atom stereocenters. The molecular formula is C20H20ClNO5. The van der Waals surface area contributed by atoms with Gasteiger partial charge in [0.1, 0.15) is 17.1 Å². The number of fused-ring (bicyclic) bond motifs is 2. The van der Waals surface area contributed by atoms with Crippen molar-refractivity contribution in [1.82, 2.24) is 0 Å². The minimum Gasteiger partial charge on any atom is -0.459 e. The Hall–Kier alpha value is -2.60. The Morgan fingerprint density at radius 2 is 1.85 bits per heavy atom. The number of nitrogens with zero attached hydrogens (tertiary/aromatic N) is 1. The third kappa shape index (κ3) is 4.22. The summed E-state index contributed by atoms with van der Waals surface area (Å²) in [7, 11) is 0. The van der Waals surface area contributed by atoms with Crippen LogP contribution in [0.4, 0.5) is 0 Å². The molecule has 0 bridgehead atoms. The highest BCUT2D eigenvalue weighted by Crippen LogP contribution is 2.47. The van der Waals surface area contributed by atoms with Gasteiger partial charge in [0.2, 0.25) is 6.54 Å². The second-order valence-corrected chi connectivity index (χ2v) is 7.89. The largest absolute Gasteiger partial charge is 0.459 e. The zero-order valence-electron chi connectivity index (χ0n) is 15.3. The average molecular weight is 390 g/mol. The Kier molecular flexibility index (Phi) is 5.11. The Bertz CT molecular complexity index is 890. The molecule has 2 aromatic rings. The second-order valence-electron chi connectivity index (χ2n) is 7.45. The van der Waals surface area contributed by atoms with Crippen LogP contribution in [0.3, 0.4) is 0 Å². The van der Waals surface area contributed by atoms with Crippen LogP contribution in [0.15, 0.2) is 42.5 Å². The molecule has 27 heavy (non-hydrogen) atoms. The van der Waals surface area contributed by atoms with Crippen molar-refractivity contribution in [1.29, 1.82) is 0 Å². The molecule has 0 N–H and O–H groups in total. The Morgan fingerprint density at radius 1 is 1.19 bits per heavy atom. The van der Waals surface area contributed by atoms with Crippen LogP contribution < -0.4 is 4.74 Å². The number of para-hydroxylation sites is 1. The summed E-state index contributed by atoms with van der Waals surface area (Å²) < 4.78 is 11.6. The normalized spacial score (nSPS) is 18.5. The summed E-state index contributed by atoms with van der Waals surface area (Å²) in [5.41, 5.74) is 0.346. The summed E-state index contributed by atoms with van der Waals surface area (Å²) in [5, 5.41) is 11.8. The first kappa shape index (κ1) is 19.2. The lowest BCUT2D eigenvalue weighted by Crippen LogP contribution is -2.32. The van der Waals surface area contributed by atoms with Gasteiger partial charge in [0, 0.05) is 21.1 Å². The SMILES string of the molecule is CC(C)(C)OC(=O)[C@H]1c2cc(Cl)ccc2Oc2ccccc2[C@@H]1C[N+](=O)[O-]. The number of ether oxygens (including phenoxy) is 2. The maximum Gasteiger partial charge on any atom is 0.314 e. The summed E-state index contributed by atoms with van der Waals surface area (Å²) >= 11 is 6.16. The molecule has 2 aromatic carbocycles. The van der Waals surface area contributed by atoms with Crippen LogP contribution in [-0.4, -0.2) is 23.0 Å². The molecule has 0 saturated carbocycles. The van der Waals surface area contributed by atoms with Crippen molar-refractivity contribution in [3.05, 3.63) is 68.7 Å². The summed E-state index contributed by atoms with van der Waals surface area (Å²) in [6, 6.07) is 12.0. The van der Waals surface area contributed by atoms with Gasteiger partial charge >= 0.3 is 5.97 Å². The highest BCUT2D eigenvalue weighted by molar-refractivity contribution is 6.30. The lowest BCUT2D eigenvalue weighted by Gasteiger charge is -2.27. The van der Waals surface area contributed by atoms with E-state index < -0.39 is 34.9 Å². The van der Waals surface area contributed by atoms with E-state index in [2.05, 4.69) is 0 Å². The number of carbonyl (C=O) groups is 1. The van der Waals surface area contributed by atoms with Crippen molar-refractivity contribution < 1.29 is 19.2 Å². The molecule has 0 radical (unpaired) electrons. The predicted molar refractivity (Wildman–Crippen MR) is 101 cm³/mol. The fourth-order valence-electron chi connectivity index (χ4n) is 3.27. The summed E-state index contributed by atoms with van der Waals surface area (Å²) in [5.74, 6) is -1.27. The molecule has 7 heteroatoms. The van der Waals surface area contributed by atoms with Crippen LogP contribution in [0.5, 0.6) is 11.5 Å². The summed E-state index contributed by atoms with van der Waals surface area (Å²) in [6.07, 6.45) is 0. The number of nitro groups is 1.